The lowest BCUT2D eigenvalue weighted by molar-refractivity contribution is -0.138. The van der Waals surface area contributed by atoms with Gasteiger partial charge < -0.3 is 0 Å². The van der Waals surface area contributed by atoms with Crippen molar-refractivity contribution in [2.75, 3.05) is 0 Å². The van der Waals surface area contributed by atoms with Gasteiger partial charge in [-0.25, -0.2) is 0 Å². The molecule has 5 aromatic carbocycles. The van der Waals surface area contributed by atoms with Gasteiger partial charge in [-0.15, -0.1) is 0 Å². The van der Waals surface area contributed by atoms with E-state index in [1.165, 1.54) is 180 Å². The molecule has 5 aliphatic rings. The average Bonchev–Trinajstić information content (AvgIpc) is 0.966. The summed E-state index contributed by atoms with van der Waals surface area (Å²) in [6, 6.07) is 38.6. The number of hydrogen-bond acceptors (Lipinski definition) is 0. The lowest BCUT2D eigenvalue weighted by atomic mass is 9.39. The predicted molar refractivity (Wildman–Crippen MR) is 348 cm³/mol. The van der Waals surface area contributed by atoms with Crippen LogP contribution in [0.25, 0.3) is 27.8 Å². The van der Waals surface area contributed by atoms with Gasteiger partial charge in [0.15, 0.2) is 0 Å². The molecule has 0 amide bonds. The van der Waals surface area contributed by atoms with Crippen LogP contribution in [0.15, 0.2) is 175 Å². The molecule has 10 rings (SSSR count). The molecule has 5 aliphatic carbocycles. The maximum Gasteiger partial charge on any atom is 0.416 e. The monoisotopic (exact) mass is 1170 g/mol. The molecule has 0 spiro atoms. The summed E-state index contributed by atoms with van der Waals surface area (Å²) in [6.45, 7) is 4.56. The molecule has 0 nitrogen and oxygen atoms in total. The van der Waals surface area contributed by atoms with E-state index in [9.17, 15) is 26.3 Å². The number of unbranched alkanes of at least 4 members (excludes halogenated alkanes) is 20. The second kappa shape index (κ2) is 29.6. The highest BCUT2D eigenvalue weighted by atomic mass is 19.4. The van der Waals surface area contributed by atoms with Crippen LogP contribution < -0.4 is 0 Å². The van der Waals surface area contributed by atoms with Crippen molar-refractivity contribution >= 4 is 5.57 Å². The summed E-state index contributed by atoms with van der Waals surface area (Å²) in [5.41, 5.74) is 12.8. The van der Waals surface area contributed by atoms with Crippen molar-refractivity contribution in [3.8, 4) is 22.3 Å². The van der Waals surface area contributed by atoms with Crippen LogP contribution >= 0.6 is 0 Å². The van der Waals surface area contributed by atoms with Crippen molar-refractivity contribution in [1.29, 1.82) is 0 Å². The van der Waals surface area contributed by atoms with Gasteiger partial charge in [0, 0.05) is 16.7 Å². The molecule has 5 unspecified atom stereocenters. The topological polar surface area (TPSA) is 0 Å². The number of allylic oxidation sites excluding steroid dienone is 10. The Balaban J connectivity index is 1.11. The number of benzene rings is 5. The maximum atomic E-state index is 14.0. The Hall–Kier alpha value is -5.62. The van der Waals surface area contributed by atoms with Crippen molar-refractivity contribution in [1.82, 2.24) is 0 Å². The Bertz CT molecular complexity index is 3090. The highest BCUT2D eigenvalue weighted by Crippen LogP contribution is 2.72. The van der Waals surface area contributed by atoms with Crippen LogP contribution in [0.1, 0.15) is 239 Å². The van der Waals surface area contributed by atoms with Crippen LogP contribution in [0.3, 0.4) is 0 Å². The van der Waals surface area contributed by atoms with Gasteiger partial charge in [0.2, 0.25) is 0 Å². The number of halogens is 6. The minimum Gasteiger partial charge on any atom is -0.166 e. The van der Waals surface area contributed by atoms with E-state index in [4.69, 9.17) is 0 Å². The van der Waals surface area contributed by atoms with Gasteiger partial charge in [0.25, 0.3) is 0 Å². The fraction of sp³-hybridized carbons (Fsp3) is 0.500. The molecule has 458 valence electrons. The molecular weight excluding hydrogens is 1070 g/mol. The molecule has 0 aliphatic heterocycles. The average molecular weight is 1170 g/mol. The van der Waals surface area contributed by atoms with E-state index in [1.807, 2.05) is 0 Å². The quantitative estimate of drug-likeness (QED) is 0.0306. The van der Waals surface area contributed by atoms with Crippen molar-refractivity contribution in [2.24, 2.45) is 23.2 Å². The fourth-order valence-electron chi connectivity index (χ4n) is 17.0. The van der Waals surface area contributed by atoms with Gasteiger partial charge in [0.1, 0.15) is 0 Å². The summed E-state index contributed by atoms with van der Waals surface area (Å²) in [5.74, 6) is 0.826. The Kier molecular flexibility index (Phi) is 21.8. The van der Waals surface area contributed by atoms with Crippen LogP contribution in [-0.4, -0.2) is 0 Å². The molecular formula is C80H96F6. The van der Waals surface area contributed by atoms with Crippen molar-refractivity contribution in [2.45, 2.75) is 230 Å². The van der Waals surface area contributed by atoms with Gasteiger partial charge >= 0.3 is 12.4 Å². The van der Waals surface area contributed by atoms with Gasteiger partial charge in [-0.3, -0.25) is 0 Å². The number of fused-ring (bicyclic) bond motifs is 6. The van der Waals surface area contributed by atoms with Crippen molar-refractivity contribution in [3.05, 3.63) is 208 Å². The van der Waals surface area contributed by atoms with Crippen LogP contribution in [0.5, 0.6) is 0 Å². The summed E-state index contributed by atoms with van der Waals surface area (Å²) in [6.07, 6.45) is 42.2. The molecule has 86 heavy (non-hydrogen) atoms. The normalized spacial score (nSPS) is 20.3. The molecule has 1 fully saturated rings. The minimum atomic E-state index is -4.43. The lowest BCUT2D eigenvalue weighted by Gasteiger charge is -2.64. The van der Waals surface area contributed by atoms with E-state index >= 15 is 0 Å². The molecule has 5 atom stereocenters. The van der Waals surface area contributed by atoms with Crippen molar-refractivity contribution in [3.63, 3.8) is 0 Å². The first kappa shape index (κ1) is 63.4. The molecule has 0 bridgehead atoms. The predicted octanol–water partition coefficient (Wildman–Crippen LogP) is 25.3. The first-order valence-corrected chi connectivity index (χ1v) is 34.0. The third kappa shape index (κ3) is 14.1. The smallest absolute Gasteiger partial charge is 0.166 e. The molecule has 6 heteroatoms. The summed E-state index contributed by atoms with van der Waals surface area (Å²) in [5, 5.41) is 0. The zero-order valence-electron chi connectivity index (χ0n) is 51.8. The Morgan fingerprint density at radius 2 is 0.953 bits per heavy atom. The van der Waals surface area contributed by atoms with E-state index < -0.39 is 28.9 Å². The zero-order chi connectivity index (χ0) is 60.0. The third-order valence-electron chi connectivity index (χ3n) is 21.1. The summed E-state index contributed by atoms with van der Waals surface area (Å²) >= 11 is 0. The second-order valence-electron chi connectivity index (χ2n) is 26.4. The number of rotatable bonds is 31. The molecule has 5 aromatic rings. The van der Waals surface area contributed by atoms with Crippen LogP contribution in [-0.2, 0) is 24.2 Å². The van der Waals surface area contributed by atoms with Gasteiger partial charge in [-0.1, -0.05) is 301 Å². The van der Waals surface area contributed by atoms with Crippen molar-refractivity contribution < 1.29 is 26.3 Å². The third-order valence-corrected chi connectivity index (χ3v) is 21.1. The van der Waals surface area contributed by atoms with E-state index in [0.717, 1.165) is 92.9 Å². The SMILES string of the molecule is CCCCCCCCCCCCCCCCCCC1(C(c2ccc(-c3ccc(C(F)(F)F)cc3)cc2)(C2C=CC=C2)C(CCCCCCCC)c2ccc(-c3ccc(C(F)(F)F)cc3)cc2)CCCC2C1=C1Cc3ccccc3C1=C1C=CCCC12. The van der Waals surface area contributed by atoms with E-state index in [0.29, 0.717) is 11.8 Å². The molecule has 0 saturated heterocycles. The Morgan fingerprint density at radius 3 is 1.47 bits per heavy atom. The minimum absolute atomic E-state index is 0.0101. The van der Waals surface area contributed by atoms with Crippen LogP contribution in [0.4, 0.5) is 26.3 Å². The Labute approximate surface area is 512 Å². The van der Waals surface area contributed by atoms with Crippen LogP contribution in [0, 0.1) is 23.2 Å². The largest absolute Gasteiger partial charge is 0.416 e. The molecule has 0 N–H and O–H groups in total. The Morgan fingerprint density at radius 1 is 0.488 bits per heavy atom. The summed E-state index contributed by atoms with van der Waals surface area (Å²) in [7, 11) is 0. The fourth-order valence-corrected chi connectivity index (χ4v) is 17.0. The van der Waals surface area contributed by atoms with E-state index in [-0.39, 0.29) is 17.3 Å². The highest BCUT2D eigenvalue weighted by Gasteiger charge is 2.64. The standard InChI is InChI=1S/C80H96F6/c1-3-5-7-9-11-12-13-14-15-16-17-18-19-20-22-30-56-77(57-31-38-72-70-36-28-29-37-71(70)75-69-35-27-24-32-64(69)58-73(75)76(72)77)78(65-33-25-26-34-65,66-50-44-60(45-51-66)62-48-54-68(55-49-62)80(84,85)86)74(39-23-21-10-8-6-4-2)63-42-40-59(41-43-63)61-46-52-67(53-47-61)79(81,82)83/h24-27,29,32-35,37,40-55,65,70,72,74H,3-23,28,30-31,36,38-39,56-58H2,1-2H3. The first-order valence-electron chi connectivity index (χ1n) is 34.0. The molecule has 0 aromatic heterocycles. The number of alkyl halides is 6. The second-order valence-corrected chi connectivity index (χ2v) is 26.4. The first-order chi connectivity index (χ1) is 41.9. The molecule has 0 heterocycles. The summed E-state index contributed by atoms with van der Waals surface area (Å²) in [4.78, 5) is 0. The van der Waals surface area contributed by atoms with Crippen LogP contribution in [0.2, 0.25) is 0 Å². The maximum absolute atomic E-state index is 14.0. The van der Waals surface area contributed by atoms with Gasteiger partial charge in [-0.05, 0) is 148 Å². The summed E-state index contributed by atoms with van der Waals surface area (Å²) < 4.78 is 83.7. The van der Waals surface area contributed by atoms with Gasteiger partial charge in [0.05, 0.1) is 11.1 Å². The molecule has 0 radical (unpaired) electrons. The van der Waals surface area contributed by atoms with E-state index in [2.05, 4.69) is 123 Å². The highest BCUT2D eigenvalue weighted by molar-refractivity contribution is 5.92. The van der Waals surface area contributed by atoms with Gasteiger partial charge in [-0.2, -0.15) is 26.3 Å². The number of hydrogen-bond donors (Lipinski definition) is 0. The lowest BCUT2D eigenvalue weighted by Crippen LogP contribution is -2.58. The van der Waals surface area contributed by atoms with E-state index in [1.54, 1.807) is 35.4 Å². The molecule has 1 saturated carbocycles. The zero-order valence-corrected chi connectivity index (χ0v) is 51.8.